The van der Waals surface area contributed by atoms with Gasteiger partial charge in [-0.15, -0.1) is 0 Å². The van der Waals surface area contributed by atoms with E-state index in [1.54, 1.807) is 0 Å². The molecule has 0 aromatic rings. The average Bonchev–Trinajstić information content (AvgIpc) is 2.37. The zero-order valence-electron chi connectivity index (χ0n) is 13.3. The van der Waals surface area contributed by atoms with Gasteiger partial charge in [0.15, 0.2) is 5.96 Å². The van der Waals surface area contributed by atoms with Gasteiger partial charge in [-0.3, -0.25) is 4.99 Å². The molecule has 0 atom stereocenters. The van der Waals surface area contributed by atoms with E-state index in [0.29, 0.717) is 25.0 Å². The first kappa shape index (κ1) is 18.2. The second kappa shape index (κ2) is 10.00. The topological polar surface area (TPSA) is 82.6 Å². The van der Waals surface area contributed by atoms with Gasteiger partial charge in [-0.2, -0.15) is 0 Å². The number of nitrogens with one attached hydrogen (secondary N) is 3. The molecule has 0 spiro atoms. The number of rotatable bonds is 10. The Balaban J connectivity index is 2.25. The van der Waals surface area contributed by atoms with Crippen LogP contribution in [0.15, 0.2) is 4.99 Å². The molecule has 0 saturated heterocycles. The van der Waals surface area contributed by atoms with Gasteiger partial charge in [0.1, 0.15) is 0 Å². The standard InChI is InChI=1S/C14H30N4O2S/c1-3-5-9-16-14(15-4-2)17-10-11-21(19,20)18-12-13-7-6-8-13/h13,18H,3-12H2,1-2H3,(H2,15,16,17). The molecule has 0 radical (unpaired) electrons. The molecule has 0 aromatic heterocycles. The van der Waals surface area contributed by atoms with Crippen molar-refractivity contribution in [2.45, 2.75) is 46.0 Å². The molecule has 0 aliphatic heterocycles. The van der Waals surface area contributed by atoms with Crippen molar-refractivity contribution < 1.29 is 8.42 Å². The van der Waals surface area contributed by atoms with E-state index >= 15 is 0 Å². The van der Waals surface area contributed by atoms with E-state index < -0.39 is 10.0 Å². The first-order chi connectivity index (χ1) is 10.1. The van der Waals surface area contributed by atoms with Crippen molar-refractivity contribution in [3.63, 3.8) is 0 Å². The Labute approximate surface area is 129 Å². The van der Waals surface area contributed by atoms with Crippen LogP contribution in [0, 0.1) is 5.92 Å². The van der Waals surface area contributed by atoms with Crippen molar-refractivity contribution in [3.05, 3.63) is 0 Å². The highest BCUT2D eigenvalue weighted by atomic mass is 32.2. The van der Waals surface area contributed by atoms with Crippen LogP contribution in [-0.2, 0) is 10.0 Å². The predicted octanol–water partition coefficient (Wildman–Crippen LogP) is 1.06. The van der Waals surface area contributed by atoms with E-state index in [2.05, 4.69) is 27.3 Å². The summed E-state index contributed by atoms with van der Waals surface area (Å²) in [5.74, 6) is 1.32. The van der Waals surface area contributed by atoms with Crippen molar-refractivity contribution in [1.29, 1.82) is 0 Å². The Morgan fingerprint density at radius 1 is 1.24 bits per heavy atom. The van der Waals surface area contributed by atoms with Gasteiger partial charge in [-0.1, -0.05) is 19.8 Å². The normalized spacial score (nSPS) is 16.6. The molecule has 7 heteroatoms. The Morgan fingerprint density at radius 3 is 2.57 bits per heavy atom. The third-order valence-corrected chi connectivity index (χ3v) is 4.95. The Hall–Kier alpha value is -0.820. The summed E-state index contributed by atoms with van der Waals surface area (Å²) in [5.41, 5.74) is 0. The van der Waals surface area contributed by atoms with Gasteiger partial charge in [0.25, 0.3) is 0 Å². The summed E-state index contributed by atoms with van der Waals surface area (Å²) in [6.45, 7) is 6.61. The lowest BCUT2D eigenvalue weighted by atomic mass is 9.86. The number of nitrogens with zero attached hydrogens (tertiary/aromatic N) is 1. The molecule has 0 aromatic carbocycles. The minimum absolute atomic E-state index is 0.0813. The zero-order chi connectivity index (χ0) is 15.6. The molecule has 21 heavy (non-hydrogen) atoms. The molecule has 1 fully saturated rings. The molecule has 0 bridgehead atoms. The van der Waals surface area contributed by atoms with Gasteiger partial charge >= 0.3 is 0 Å². The van der Waals surface area contributed by atoms with Crippen LogP contribution in [0.2, 0.25) is 0 Å². The molecule has 124 valence electrons. The zero-order valence-corrected chi connectivity index (χ0v) is 14.1. The van der Waals surface area contributed by atoms with Crippen LogP contribution in [0.25, 0.3) is 0 Å². The number of sulfonamides is 1. The summed E-state index contributed by atoms with van der Waals surface area (Å²) < 4.78 is 26.4. The highest BCUT2D eigenvalue weighted by Crippen LogP contribution is 2.25. The summed E-state index contributed by atoms with van der Waals surface area (Å²) in [6.07, 6.45) is 5.67. The third kappa shape index (κ3) is 8.26. The van der Waals surface area contributed by atoms with Gasteiger partial charge in [0, 0.05) is 26.2 Å². The van der Waals surface area contributed by atoms with E-state index in [1.165, 1.54) is 6.42 Å². The second-order valence-electron chi connectivity index (χ2n) is 5.51. The molecule has 1 rings (SSSR count). The summed E-state index contributed by atoms with van der Waals surface area (Å²) in [4.78, 5) is 4.40. The smallest absolute Gasteiger partial charge is 0.213 e. The minimum Gasteiger partial charge on any atom is -0.357 e. The summed E-state index contributed by atoms with van der Waals surface area (Å²) in [6, 6.07) is 0. The van der Waals surface area contributed by atoms with Crippen molar-refractivity contribution in [2.24, 2.45) is 10.9 Å². The van der Waals surface area contributed by atoms with E-state index in [1.807, 2.05) is 6.92 Å². The Kier molecular flexibility index (Phi) is 8.68. The Morgan fingerprint density at radius 2 is 2.00 bits per heavy atom. The lowest BCUT2D eigenvalue weighted by Gasteiger charge is -2.25. The maximum Gasteiger partial charge on any atom is 0.213 e. The molecule has 0 heterocycles. The molecular formula is C14H30N4O2S. The summed E-state index contributed by atoms with van der Waals surface area (Å²) >= 11 is 0. The average molecular weight is 318 g/mol. The highest BCUT2D eigenvalue weighted by Gasteiger charge is 2.19. The van der Waals surface area contributed by atoms with Crippen LogP contribution in [0.4, 0.5) is 0 Å². The number of aliphatic imine (C=N–C) groups is 1. The quantitative estimate of drug-likeness (QED) is 0.319. The maximum absolute atomic E-state index is 11.9. The fourth-order valence-corrected chi connectivity index (χ4v) is 3.01. The summed E-state index contributed by atoms with van der Waals surface area (Å²) in [5, 5.41) is 6.19. The van der Waals surface area contributed by atoms with Gasteiger partial charge in [0.2, 0.25) is 10.0 Å². The van der Waals surface area contributed by atoms with Crippen LogP contribution in [-0.4, -0.2) is 46.3 Å². The van der Waals surface area contributed by atoms with Crippen molar-refractivity contribution in [2.75, 3.05) is 31.9 Å². The molecular weight excluding hydrogens is 288 g/mol. The highest BCUT2D eigenvalue weighted by molar-refractivity contribution is 7.89. The van der Waals surface area contributed by atoms with Crippen LogP contribution in [0.5, 0.6) is 0 Å². The van der Waals surface area contributed by atoms with Gasteiger partial charge in [0.05, 0.1) is 5.75 Å². The second-order valence-corrected chi connectivity index (χ2v) is 7.43. The van der Waals surface area contributed by atoms with Gasteiger partial charge < -0.3 is 10.6 Å². The number of guanidine groups is 1. The molecule has 0 unspecified atom stereocenters. The first-order valence-corrected chi connectivity index (χ1v) is 9.72. The van der Waals surface area contributed by atoms with Crippen LogP contribution < -0.4 is 15.4 Å². The summed E-state index contributed by atoms with van der Waals surface area (Å²) in [7, 11) is -3.18. The van der Waals surface area contributed by atoms with Crippen LogP contribution in [0.3, 0.4) is 0 Å². The molecule has 3 N–H and O–H groups in total. The maximum atomic E-state index is 11.9. The fraction of sp³-hybridized carbons (Fsp3) is 0.929. The molecule has 1 saturated carbocycles. The molecule has 1 aliphatic rings. The fourth-order valence-electron chi connectivity index (χ4n) is 2.01. The number of hydrogen-bond donors (Lipinski definition) is 3. The first-order valence-electron chi connectivity index (χ1n) is 8.07. The Bertz CT molecular complexity index is 405. The van der Waals surface area contributed by atoms with Crippen molar-refractivity contribution >= 4 is 16.0 Å². The van der Waals surface area contributed by atoms with Gasteiger partial charge in [-0.25, -0.2) is 13.1 Å². The van der Waals surface area contributed by atoms with Crippen LogP contribution >= 0.6 is 0 Å². The molecule has 1 aliphatic carbocycles. The minimum atomic E-state index is -3.18. The van der Waals surface area contributed by atoms with E-state index in [-0.39, 0.29) is 5.75 Å². The monoisotopic (exact) mass is 318 g/mol. The van der Waals surface area contributed by atoms with E-state index in [4.69, 9.17) is 0 Å². The third-order valence-electron chi connectivity index (χ3n) is 3.61. The van der Waals surface area contributed by atoms with Crippen molar-refractivity contribution in [3.8, 4) is 0 Å². The lowest BCUT2D eigenvalue weighted by molar-refractivity contribution is 0.316. The lowest BCUT2D eigenvalue weighted by Crippen LogP contribution is -2.42. The SMILES string of the molecule is CCCCN=C(NCC)NCCS(=O)(=O)NCC1CCC1. The van der Waals surface area contributed by atoms with Crippen LogP contribution in [0.1, 0.15) is 46.0 Å². The van der Waals surface area contributed by atoms with E-state index in [9.17, 15) is 8.42 Å². The number of hydrogen-bond acceptors (Lipinski definition) is 3. The van der Waals surface area contributed by atoms with Crippen molar-refractivity contribution in [1.82, 2.24) is 15.4 Å². The van der Waals surface area contributed by atoms with E-state index in [0.717, 1.165) is 38.8 Å². The predicted molar refractivity (Wildman–Crippen MR) is 88.0 cm³/mol. The molecule has 0 amide bonds. The van der Waals surface area contributed by atoms with Gasteiger partial charge in [-0.05, 0) is 32.1 Å². The largest absolute Gasteiger partial charge is 0.357 e. The number of unbranched alkanes of at least 4 members (excludes halogenated alkanes) is 1. The molecule has 6 nitrogen and oxygen atoms in total.